The van der Waals surface area contributed by atoms with E-state index in [9.17, 15) is 0 Å². The zero-order valence-corrected chi connectivity index (χ0v) is 11.7. The first-order chi connectivity index (χ1) is 8.00. The maximum absolute atomic E-state index is 6.18. The number of hydrogen-bond acceptors (Lipinski definition) is 1. The van der Waals surface area contributed by atoms with E-state index in [0.29, 0.717) is 15.1 Å². The first kappa shape index (κ1) is 12.7. The van der Waals surface area contributed by atoms with E-state index < -0.39 is 0 Å². The Morgan fingerprint density at radius 1 is 1.00 bits per heavy atom. The maximum Gasteiger partial charge on any atom is 0.0763 e. The van der Waals surface area contributed by atoms with Crippen LogP contribution in [0.2, 0.25) is 15.1 Å². The van der Waals surface area contributed by atoms with Crippen molar-refractivity contribution in [3.63, 3.8) is 0 Å². The molecule has 0 aliphatic carbocycles. The lowest BCUT2D eigenvalue weighted by Gasteiger charge is -2.11. The molecular weight excluding hydrogens is 277 g/mol. The fourth-order valence-electron chi connectivity index (χ4n) is 1.65. The number of halogens is 3. The van der Waals surface area contributed by atoms with Crippen molar-refractivity contribution >= 4 is 34.8 Å². The van der Waals surface area contributed by atoms with E-state index in [4.69, 9.17) is 34.8 Å². The molecule has 17 heavy (non-hydrogen) atoms. The average molecular weight is 287 g/mol. The molecule has 0 fully saturated rings. The van der Waals surface area contributed by atoms with E-state index in [1.165, 1.54) is 0 Å². The van der Waals surface area contributed by atoms with Crippen molar-refractivity contribution in [1.29, 1.82) is 0 Å². The quantitative estimate of drug-likeness (QED) is 0.691. The van der Waals surface area contributed by atoms with E-state index in [1.807, 2.05) is 19.9 Å². The number of aromatic nitrogens is 1. The molecular formula is C13H10Cl3N. The predicted molar refractivity (Wildman–Crippen MR) is 74.2 cm³/mol. The normalized spacial score (nSPS) is 10.6. The predicted octanol–water partition coefficient (Wildman–Crippen LogP) is 5.33. The van der Waals surface area contributed by atoms with Crippen LogP contribution in [0, 0.1) is 13.8 Å². The number of benzene rings is 1. The summed E-state index contributed by atoms with van der Waals surface area (Å²) in [6.07, 6.45) is 1.75. The molecule has 0 radical (unpaired) electrons. The summed E-state index contributed by atoms with van der Waals surface area (Å²) >= 11 is 18.3. The Balaban J connectivity index is 2.73. The molecule has 0 amide bonds. The first-order valence-corrected chi connectivity index (χ1v) is 6.21. The van der Waals surface area contributed by atoms with Gasteiger partial charge in [-0.05, 0) is 43.2 Å². The van der Waals surface area contributed by atoms with Gasteiger partial charge in [0.25, 0.3) is 0 Å². The van der Waals surface area contributed by atoms with E-state index in [0.717, 1.165) is 22.4 Å². The van der Waals surface area contributed by atoms with Gasteiger partial charge in [-0.25, -0.2) is 0 Å². The standard InChI is InChI=1S/C13H10Cl3N/c1-7-3-4-17-13(8(7)2)12-10(15)5-9(14)6-11(12)16/h3-6H,1-2H3. The lowest BCUT2D eigenvalue weighted by molar-refractivity contribution is 1.22. The third-order valence-corrected chi connectivity index (χ3v) is 3.53. The van der Waals surface area contributed by atoms with E-state index in [2.05, 4.69) is 4.98 Å². The Labute approximate surface area is 115 Å². The van der Waals surface area contributed by atoms with Gasteiger partial charge >= 0.3 is 0 Å². The highest BCUT2D eigenvalue weighted by molar-refractivity contribution is 6.41. The summed E-state index contributed by atoms with van der Waals surface area (Å²) in [5, 5.41) is 1.56. The number of nitrogens with zero attached hydrogens (tertiary/aromatic N) is 1. The fraction of sp³-hybridized carbons (Fsp3) is 0.154. The minimum Gasteiger partial charge on any atom is -0.256 e. The summed E-state index contributed by atoms with van der Waals surface area (Å²) < 4.78 is 0. The second-order valence-electron chi connectivity index (χ2n) is 3.85. The molecule has 2 aromatic rings. The van der Waals surface area contributed by atoms with E-state index >= 15 is 0 Å². The van der Waals surface area contributed by atoms with Crippen molar-refractivity contribution < 1.29 is 0 Å². The molecule has 4 heteroatoms. The van der Waals surface area contributed by atoms with Gasteiger partial charge in [0.2, 0.25) is 0 Å². The van der Waals surface area contributed by atoms with Crippen molar-refractivity contribution in [2.24, 2.45) is 0 Å². The summed E-state index contributed by atoms with van der Waals surface area (Å²) in [7, 11) is 0. The van der Waals surface area contributed by atoms with Crippen molar-refractivity contribution in [1.82, 2.24) is 4.98 Å². The molecule has 0 bridgehead atoms. The third kappa shape index (κ3) is 2.42. The number of hydrogen-bond donors (Lipinski definition) is 0. The van der Waals surface area contributed by atoms with E-state index in [1.54, 1.807) is 18.3 Å². The molecule has 0 saturated heterocycles. The molecule has 0 saturated carbocycles. The van der Waals surface area contributed by atoms with Crippen LogP contribution in [0.4, 0.5) is 0 Å². The molecule has 0 unspecified atom stereocenters. The second kappa shape index (κ2) is 4.85. The van der Waals surface area contributed by atoms with Gasteiger partial charge in [-0.2, -0.15) is 0 Å². The van der Waals surface area contributed by atoms with Gasteiger partial charge in [-0.3, -0.25) is 4.98 Å². The molecule has 88 valence electrons. The summed E-state index contributed by atoms with van der Waals surface area (Å²) in [6.45, 7) is 4.02. The number of aryl methyl sites for hydroxylation is 1. The van der Waals surface area contributed by atoms with Crippen molar-refractivity contribution in [3.8, 4) is 11.3 Å². The molecule has 0 spiro atoms. The van der Waals surface area contributed by atoms with Crippen LogP contribution in [-0.4, -0.2) is 4.98 Å². The van der Waals surface area contributed by atoms with Gasteiger partial charge in [0.15, 0.2) is 0 Å². The Morgan fingerprint density at radius 2 is 1.59 bits per heavy atom. The van der Waals surface area contributed by atoms with Crippen LogP contribution in [0.15, 0.2) is 24.4 Å². The van der Waals surface area contributed by atoms with Crippen LogP contribution < -0.4 is 0 Å². The summed E-state index contributed by atoms with van der Waals surface area (Å²) in [5.74, 6) is 0. The monoisotopic (exact) mass is 285 g/mol. The maximum atomic E-state index is 6.18. The molecule has 0 atom stereocenters. The minimum atomic E-state index is 0.517. The Morgan fingerprint density at radius 3 is 2.18 bits per heavy atom. The van der Waals surface area contributed by atoms with Crippen molar-refractivity contribution in [2.75, 3.05) is 0 Å². The first-order valence-electron chi connectivity index (χ1n) is 5.08. The smallest absolute Gasteiger partial charge is 0.0763 e. The van der Waals surface area contributed by atoms with Crippen LogP contribution in [0.5, 0.6) is 0 Å². The average Bonchev–Trinajstić information content (AvgIpc) is 2.23. The summed E-state index contributed by atoms with van der Waals surface area (Å²) in [5.41, 5.74) is 3.76. The van der Waals surface area contributed by atoms with Crippen LogP contribution in [0.3, 0.4) is 0 Å². The molecule has 1 heterocycles. The highest BCUT2D eigenvalue weighted by atomic mass is 35.5. The second-order valence-corrected chi connectivity index (χ2v) is 5.10. The van der Waals surface area contributed by atoms with E-state index in [-0.39, 0.29) is 0 Å². The number of pyridine rings is 1. The Hall–Kier alpha value is -0.760. The largest absolute Gasteiger partial charge is 0.256 e. The minimum absolute atomic E-state index is 0.517. The zero-order valence-electron chi connectivity index (χ0n) is 9.39. The van der Waals surface area contributed by atoms with Crippen LogP contribution in [-0.2, 0) is 0 Å². The molecule has 0 aliphatic rings. The molecule has 1 nitrogen and oxygen atoms in total. The molecule has 2 rings (SSSR count). The van der Waals surface area contributed by atoms with Crippen LogP contribution in [0.25, 0.3) is 11.3 Å². The van der Waals surface area contributed by atoms with Gasteiger partial charge in [0, 0.05) is 16.8 Å². The molecule has 1 aromatic heterocycles. The molecule has 0 aliphatic heterocycles. The SMILES string of the molecule is Cc1ccnc(-c2c(Cl)cc(Cl)cc2Cl)c1C. The van der Waals surface area contributed by atoms with Gasteiger partial charge in [0.1, 0.15) is 0 Å². The molecule has 0 N–H and O–H groups in total. The van der Waals surface area contributed by atoms with Crippen LogP contribution >= 0.6 is 34.8 Å². The topological polar surface area (TPSA) is 12.9 Å². The summed E-state index contributed by atoms with van der Waals surface area (Å²) in [4.78, 5) is 4.35. The lowest BCUT2D eigenvalue weighted by Crippen LogP contribution is -1.93. The van der Waals surface area contributed by atoms with Crippen molar-refractivity contribution in [3.05, 3.63) is 50.6 Å². The van der Waals surface area contributed by atoms with Crippen LogP contribution in [0.1, 0.15) is 11.1 Å². The van der Waals surface area contributed by atoms with Gasteiger partial charge in [-0.15, -0.1) is 0 Å². The van der Waals surface area contributed by atoms with Gasteiger partial charge in [-0.1, -0.05) is 34.8 Å². The molecule has 1 aromatic carbocycles. The highest BCUT2D eigenvalue weighted by Gasteiger charge is 2.14. The third-order valence-electron chi connectivity index (χ3n) is 2.72. The van der Waals surface area contributed by atoms with Crippen molar-refractivity contribution in [2.45, 2.75) is 13.8 Å². The lowest BCUT2D eigenvalue weighted by atomic mass is 10.0. The van der Waals surface area contributed by atoms with Gasteiger partial charge in [0.05, 0.1) is 15.7 Å². The number of rotatable bonds is 1. The Kier molecular flexibility index (Phi) is 3.62. The zero-order chi connectivity index (χ0) is 12.6. The summed E-state index contributed by atoms with van der Waals surface area (Å²) in [6, 6.07) is 5.30. The highest BCUT2D eigenvalue weighted by Crippen LogP contribution is 2.37. The van der Waals surface area contributed by atoms with Gasteiger partial charge < -0.3 is 0 Å². The Bertz CT molecular complexity index is 556. The fourth-order valence-corrected chi connectivity index (χ4v) is 2.65.